The second kappa shape index (κ2) is 10.6. The van der Waals surface area contributed by atoms with Gasteiger partial charge in [0.25, 0.3) is 0 Å². The van der Waals surface area contributed by atoms with Crippen LogP contribution >= 0.6 is 22.7 Å². The van der Waals surface area contributed by atoms with Gasteiger partial charge in [-0.15, -0.1) is 22.7 Å². The second-order valence-electron chi connectivity index (χ2n) is 9.01. The third-order valence-electron chi connectivity index (χ3n) is 6.82. The molecule has 1 aliphatic carbocycles. The molecule has 2 unspecified atom stereocenters. The van der Waals surface area contributed by atoms with Gasteiger partial charge in [0.1, 0.15) is 15.5 Å². The first-order valence-electron chi connectivity index (χ1n) is 11.9. The summed E-state index contributed by atoms with van der Waals surface area (Å²) in [5, 5.41) is 14.8. The van der Waals surface area contributed by atoms with Gasteiger partial charge in [0.15, 0.2) is 0 Å². The van der Waals surface area contributed by atoms with E-state index in [2.05, 4.69) is 26.3 Å². The first kappa shape index (κ1) is 22.9. The van der Waals surface area contributed by atoms with Gasteiger partial charge in [-0.25, -0.2) is 4.98 Å². The van der Waals surface area contributed by atoms with Crippen molar-refractivity contribution in [3.05, 3.63) is 28.9 Å². The van der Waals surface area contributed by atoms with E-state index in [0.29, 0.717) is 13.0 Å². The molecule has 0 bridgehead atoms. The quantitative estimate of drug-likeness (QED) is 0.442. The number of thiazole rings is 1. The number of hydrogen-bond acceptors (Lipinski definition) is 8. The maximum atomic E-state index is 12.3. The summed E-state index contributed by atoms with van der Waals surface area (Å²) >= 11 is 3.32. The molecule has 1 saturated carbocycles. The van der Waals surface area contributed by atoms with Gasteiger partial charge in [-0.2, -0.15) is 0 Å². The average molecular weight is 485 g/mol. The monoisotopic (exact) mass is 484 g/mol. The van der Waals surface area contributed by atoms with Gasteiger partial charge in [-0.3, -0.25) is 9.78 Å². The standard InChI is InChI=1S/C17H19N5OS2.C7H13N/c1-18-5-4-14(23)22-17-15(10-2-6-20-9-13(10)25-17)16-21-11-8-19-7-3-12(11)24-16;1-2-6-4-8-5-7(6)3-1/h3,7-8,18,20H,2,4-6,9H2,1H3,(H,22,23);6-8H,1-5H2. The van der Waals surface area contributed by atoms with E-state index in [1.54, 1.807) is 35.1 Å². The molecule has 9 heteroatoms. The van der Waals surface area contributed by atoms with E-state index in [4.69, 9.17) is 4.98 Å². The van der Waals surface area contributed by atoms with Crippen molar-refractivity contribution in [3.8, 4) is 10.6 Å². The SMILES string of the molecule is C1CC2CNCC2C1.CNCCC(=O)Nc1sc2c(c1-c1nc3cnccc3s1)CCNC2. The molecule has 2 fully saturated rings. The minimum absolute atomic E-state index is 0.0323. The molecule has 0 radical (unpaired) electrons. The average Bonchev–Trinajstić information content (AvgIpc) is 3.59. The van der Waals surface area contributed by atoms with Crippen LogP contribution in [0.4, 0.5) is 5.00 Å². The molecule has 3 aliphatic rings. The number of hydrogen-bond donors (Lipinski definition) is 4. The van der Waals surface area contributed by atoms with Crippen LogP contribution in [0, 0.1) is 11.8 Å². The first-order valence-corrected chi connectivity index (χ1v) is 13.6. The largest absolute Gasteiger partial charge is 0.319 e. The Kier molecular flexibility index (Phi) is 7.32. The molecule has 5 heterocycles. The number of nitrogens with one attached hydrogen (secondary N) is 4. The Labute approximate surface area is 202 Å². The Morgan fingerprint density at radius 1 is 1.21 bits per heavy atom. The van der Waals surface area contributed by atoms with Crippen molar-refractivity contribution in [3.63, 3.8) is 0 Å². The van der Waals surface area contributed by atoms with Crippen molar-refractivity contribution >= 4 is 43.8 Å². The minimum Gasteiger partial charge on any atom is -0.319 e. The van der Waals surface area contributed by atoms with Crippen molar-refractivity contribution in [2.24, 2.45) is 11.8 Å². The van der Waals surface area contributed by atoms with Crippen LogP contribution in [0.1, 0.15) is 36.1 Å². The predicted octanol–water partition coefficient (Wildman–Crippen LogP) is 3.62. The number of carbonyl (C=O) groups excluding carboxylic acids is 1. The number of aromatic nitrogens is 2. The van der Waals surface area contributed by atoms with Gasteiger partial charge < -0.3 is 21.3 Å². The summed E-state index contributed by atoms with van der Waals surface area (Å²) in [6.07, 6.45) is 9.49. The summed E-state index contributed by atoms with van der Waals surface area (Å²) in [6, 6.07) is 1.99. The lowest BCUT2D eigenvalue weighted by Gasteiger charge is -2.13. The Balaban J connectivity index is 0.000000238. The number of carbonyl (C=O) groups is 1. The number of pyridine rings is 1. The van der Waals surface area contributed by atoms with Crippen LogP contribution in [0.3, 0.4) is 0 Å². The van der Waals surface area contributed by atoms with Gasteiger partial charge in [0.2, 0.25) is 5.91 Å². The van der Waals surface area contributed by atoms with Gasteiger partial charge in [-0.05, 0) is 69.4 Å². The highest BCUT2D eigenvalue weighted by molar-refractivity contribution is 7.22. The van der Waals surface area contributed by atoms with Crippen molar-refractivity contribution in [2.75, 3.05) is 38.5 Å². The molecular weight excluding hydrogens is 452 g/mol. The zero-order chi connectivity index (χ0) is 22.6. The topological polar surface area (TPSA) is 91.0 Å². The van der Waals surface area contributed by atoms with Crippen LogP contribution in [0.25, 0.3) is 20.8 Å². The van der Waals surface area contributed by atoms with Crippen molar-refractivity contribution in [1.82, 2.24) is 25.9 Å². The van der Waals surface area contributed by atoms with Crippen LogP contribution in [0.2, 0.25) is 0 Å². The predicted molar refractivity (Wildman–Crippen MR) is 137 cm³/mol. The highest BCUT2D eigenvalue weighted by Crippen LogP contribution is 2.44. The lowest BCUT2D eigenvalue weighted by molar-refractivity contribution is -0.116. The Morgan fingerprint density at radius 3 is 2.85 bits per heavy atom. The number of fused-ring (bicyclic) bond motifs is 3. The Hall–Kier alpha value is -1.91. The third-order valence-corrected chi connectivity index (χ3v) is 9.02. The van der Waals surface area contributed by atoms with Crippen molar-refractivity contribution in [2.45, 2.75) is 38.6 Å². The third kappa shape index (κ3) is 5.12. The van der Waals surface area contributed by atoms with Crippen LogP contribution < -0.4 is 21.3 Å². The smallest absolute Gasteiger partial charge is 0.226 e. The molecule has 0 spiro atoms. The molecule has 6 rings (SSSR count). The summed E-state index contributed by atoms with van der Waals surface area (Å²) in [6.45, 7) is 5.10. The van der Waals surface area contributed by atoms with Crippen LogP contribution in [-0.4, -0.2) is 49.1 Å². The van der Waals surface area contributed by atoms with Gasteiger partial charge in [-0.1, -0.05) is 6.42 Å². The molecule has 2 atom stereocenters. The number of nitrogens with zero attached hydrogens (tertiary/aromatic N) is 2. The normalized spacial score (nSPS) is 21.4. The molecule has 4 N–H and O–H groups in total. The zero-order valence-corrected chi connectivity index (χ0v) is 20.7. The number of anilines is 1. The molecule has 3 aromatic heterocycles. The van der Waals surface area contributed by atoms with E-state index < -0.39 is 0 Å². The van der Waals surface area contributed by atoms with Crippen molar-refractivity contribution < 1.29 is 4.79 Å². The van der Waals surface area contributed by atoms with Crippen LogP contribution in [0.15, 0.2) is 18.5 Å². The fraction of sp³-hybridized carbons (Fsp3) is 0.542. The molecular formula is C24H32N6OS2. The highest BCUT2D eigenvalue weighted by Gasteiger charge is 2.30. The van der Waals surface area contributed by atoms with Crippen molar-refractivity contribution in [1.29, 1.82) is 0 Å². The fourth-order valence-corrected chi connectivity index (χ4v) is 7.38. The summed E-state index contributed by atoms with van der Waals surface area (Å²) in [5.41, 5.74) is 3.32. The summed E-state index contributed by atoms with van der Waals surface area (Å²) in [5.74, 6) is 2.16. The first-order chi connectivity index (χ1) is 16.2. The summed E-state index contributed by atoms with van der Waals surface area (Å²) in [4.78, 5) is 22.5. The summed E-state index contributed by atoms with van der Waals surface area (Å²) in [7, 11) is 1.85. The highest BCUT2D eigenvalue weighted by atomic mass is 32.1. The van der Waals surface area contributed by atoms with Gasteiger partial charge >= 0.3 is 0 Å². The lowest BCUT2D eigenvalue weighted by atomic mass is 10.0. The summed E-state index contributed by atoms with van der Waals surface area (Å²) < 4.78 is 1.12. The number of amides is 1. The van der Waals surface area contributed by atoms with E-state index >= 15 is 0 Å². The number of rotatable bonds is 5. The van der Waals surface area contributed by atoms with Gasteiger partial charge in [0.05, 0.1) is 10.9 Å². The Morgan fingerprint density at radius 2 is 2.06 bits per heavy atom. The van der Waals surface area contributed by atoms with E-state index in [9.17, 15) is 4.79 Å². The second-order valence-corrected chi connectivity index (χ2v) is 11.1. The molecule has 0 aromatic carbocycles. The van der Waals surface area contributed by atoms with E-state index in [0.717, 1.165) is 57.1 Å². The fourth-order valence-electron chi connectivity index (χ4n) is 5.07. The van der Waals surface area contributed by atoms with Gasteiger partial charge in [0, 0.05) is 36.1 Å². The number of thiophene rings is 1. The molecule has 33 heavy (non-hydrogen) atoms. The Bertz CT molecular complexity index is 1060. The zero-order valence-electron chi connectivity index (χ0n) is 19.1. The van der Waals surface area contributed by atoms with E-state index in [-0.39, 0.29) is 5.91 Å². The molecule has 1 saturated heterocycles. The molecule has 2 aliphatic heterocycles. The maximum absolute atomic E-state index is 12.3. The lowest BCUT2D eigenvalue weighted by Crippen LogP contribution is -2.22. The van der Waals surface area contributed by atoms with E-state index in [1.165, 1.54) is 42.8 Å². The van der Waals surface area contributed by atoms with Crippen LogP contribution in [0.5, 0.6) is 0 Å². The molecule has 1 amide bonds. The molecule has 3 aromatic rings. The maximum Gasteiger partial charge on any atom is 0.226 e. The molecule has 7 nitrogen and oxygen atoms in total. The minimum atomic E-state index is 0.0323. The molecule has 176 valence electrons. The van der Waals surface area contributed by atoms with Crippen LogP contribution in [-0.2, 0) is 17.8 Å². The van der Waals surface area contributed by atoms with E-state index in [1.807, 2.05) is 13.1 Å².